The number of aromatic nitrogens is 1. The topological polar surface area (TPSA) is 59.3 Å². The highest BCUT2D eigenvalue weighted by atomic mass is 35.5. The Morgan fingerprint density at radius 3 is 2.61 bits per heavy atom. The number of halogens is 3. The maximum Gasteiger partial charge on any atom is 0.323 e. The van der Waals surface area contributed by atoms with Crippen LogP contribution in [0.1, 0.15) is 5.56 Å². The summed E-state index contributed by atoms with van der Waals surface area (Å²) in [6.07, 6.45) is 0. The van der Waals surface area contributed by atoms with Crippen LogP contribution in [-0.2, 0) is 11.3 Å². The van der Waals surface area contributed by atoms with Crippen LogP contribution in [0.15, 0.2) is 29.1 Å². The number of pyridine rings is 1. The molecule has 2 aromatic carbocycles. The van der Waals surface area contributed by atoms with E-state index in [0.717, 1.165) is 6.07 Å². The third kappa shape index (κ3) is 2.46. The second-order valence-electron chi connectivity index (χ2n) is 5.19. The molecule has 4 nitrogen and oxygen atoms in total. The summed E-state index contributed by atoms with van der Waals surface area (Å²) in [5.74, 6) is -1.65. The van der Waals surface area contributed by atoms with E-state index in [1.165, 1.54) is 29.7 Å². The zero-order chi connectivity index (χ0) is 16.9. The standard InChI is InChI=1S/C16H10Cl2FNO3/c1-7-4-12-9(5-11(7)19)16(23)8-2-3-10(17)14(18)15(8)20(12)6-13(21)22/h2-5H,6H2,1H3,(H,21,22). The fraction of sp³-hybridized carbons (Fsp3) is 0.125. The van der Waals surface area contributed by atoms with Crippen LogP contribution < -0.4 is 5.43 Å². The van der Waals surface area contributed by atoms with Gasteiger partial charge in [0.25, 0.3) is 0 Å². The molecule has 0 amide bonds. The number of hydrogen-bond donors (Lipinski definition) is 1. The first-order valence-electron chi connectivity index (χ1n) is 6.63. The lowest BCUT2D eigenvalue weighted by Gasteiger charge is -2.15. The molecule has 7 heteroatoms. The van der Waals surface area contributed by atoms with E-state index in [2.05, 4.69) is 0 Å². The maximum atomic E-state index is 13.9. The Hall–Kier alpha value is -2.11. The molecule has 0 radical (unpaired) electrons. The summed E-state index contributed by atoms with van der Waals surface area (Å²) in [6, 6.07) is 5.47. The maximum absolute atomic E-state index is 13.9. The van der Waals surface area contributed by atoms with Crippen LogP contribution in [0.2, 0.25) is 10.0 Å². The molecule has 118 valence electrons. The van der Waals surface area contributed by atoms with Crippen LogP contribution in [0.3, 0.4) is 0 Å². The van der Waals surface area contributed by atoms with E-state index in [1.807, 2.05) is 0 Å². The lowest BCUT2D eigenvalue weighted by Crippen LogP contribution is -2.16. The van der Waals surface area contributed by atoms with Crippen molar-refractivity contribution in [2.45, 2.75) is 13.5 Å². The number of fused-ring (bicyclic) bond motifs is 2. The molecule has 0 spiro atoms. The molecular formula is C16H10Cl2FNO3. The summed E-state index contributed by atoms with van der Waals surface area (Å²) < 4.78 is 15.2. The van der Waals surface area contributed by atoms with Gasteiger partial charge in [0.2, 0.25) is 0 Å². The summed E-state index contributed by atoms with van der Waals surface area (Å²) in [7, 11) is 0. The monoisotopic (exact) mass is 353 g/mol. The van der Waals surface area contributed by atoms with Crippen LogP contribution in [0.4, 0.5) is 4.39 Å². The summed E-state index contributed by atoms with van der Waals surface area (Å²) >= 11 is 12.2. The predicted molar refractivity (Wildman–Crippen MR) is 88.1 cm³/mol. The Balaban J connectivity index is 2.65. The first-order valence-corrected chi connectivity index (χ1v) is 7.39. The second kappa shape index (κ2) is 5.51. The quantitative estimate of drug-likeness (QED) is 0.708. The van der Waals surface area contributed by atoms with Crippen LogP contribution in [0.25, 0.3) is 21.8 Å². The van der Waals surface area contributed by atoms with E-state index in [4.69, 9.17) is 23.2 Å². The number of carboxylic acid groups (broad SMARTS) is 1. The number of nitrogens with zero attached hydrogens (tertiary/aromatic N) is 1. The van der Waals surface area contributed by atoms with E-state index in [-0.39, 0.29) is 26.3 Å². The second-order valence-corrected chi connectivity index (χ2v) is 5.97. The van der Waals surface area contributed by atoms with Crippen LogP contribution in [0, 0.1) is 12.7 Å². The van der Waals surface area contributed by atoms with Gasteiger partial charge in [0.1, 0.15) is 12.4 Å². The predicted octanol–water partition coefficient (Wildman–Crippen LogP) is 3.99. The number of aryl methyl sites for hydroxylation is 1. The highest BCUT2D eigenvalue weighted by Crippen LogP contribution is 2.32. The first-order chi connectivity index (χ1) is 10.8. The molecule has 1 aromatic heterocycles. The molecule has 0 aliphatic rings. The highest BCUT2D eigenvalue weighted by molar-refractivity contribution is 6.45. The Bertz CT molecular complexity index is 1040. The average Bonchev–Trinajstić information content (AvgIpc) is 2.48. The minimum atomic E-state index is -1.12. The Kier molecular flexibility index (Phi) is 3.78. The summed E-state index contributed by atoms with van der Waals surface area (Å²) in [4.78, 5) is 23.9. The fourth-order valence-corrected chi connectivity index (χ4v) is 3.04. The van der Waals surface area contributed by atoms with Gasteiger partial charge in [-0.15, -0.1) is 0 Å². The number of aliphatic carboxylic acids is 1. The van der Waals surface area contributed by atoms with Crippen molar-refractivity contribution in [3.05, 3.63) is 55.9 Å². The number of rotatable bonds is 2. The summed E-state index contributed by atoms with van der Waals surface area (Å²) in [5.41, 5.74) is 0.403. The molecule has 0 atom stereocenters. The zero-order valence-corrected chi connectivity index (χ0v) is 13.4. The van der Waals surface area contributed by atoms with Crippen molar-refractivity contribution < 1.29 is 14.3 Å². The molecule has 3 aromatic rings. The lowest BCUT2D eigenvalue weighted by molar-refractivity contribution is -0.137. The minimum absolute atomic E-state index is 0.0893. The van der Waals surface area contributed by atoms with Gasteiger partial charge < -0.3 is 9.67 Å². The molecule has 0 bridgehead atoms. The van der Waals surface area contributed by atoms with Gasteiger partial charge in [-0.25, -0.2) is 4.39 Å². The number of carbonyl (C=O) groups is 1. The first kappa shape index (κ1) is 15.8. The third-order valence-corrected chi connectivity index (χ3v) is 4.48. The lowest BCUT2D eigenvalue weighted by atomic mass is 10.1. The van der Waals surface area contributed by atoms with Gasteiger partial charge in [-0.1, -0.05) is 23.2 Å². The van der Waals surface area contributed by atoms with Crippen molar-refractivity contribution in [2.75, 3.05) is 0 Å². The largest absolute Gasteiger partial charge is 0.480 e. The van der Waals surface area contributed by atoms with Crippen molar-refractivity contribution in [2.24, 2.45) is 0 Å². The van der Waals surface area contributed by atoms with Crippen LogP contribution in [0.5, 0.6) is 0 Å². The molecule has 0 saturated heterocycles. The van der Waals surface area contributed by atoms with Crippen molar-refractivity contribution >= 4 is 51.0 Å². The van der Waals surface area contributed by atoms with E-state index >= 15 is 0 Å². The molecule has 0 unspecified atom stereocenters. The SMILES string of the molecule is Cc1cc2c(cc1F)c(=O)c1ccc(Cl)c(Cl)c1n2CC(=O)O. The Morgan fingerprint density at radius 2 is 1.96 bits per heavy atom. The Labute approximate surface area is 139 Å². The number of hydrogen-bond acceptors (Lipinski definition) is 2. The molecule has 23 heavy (non-hydrogen) atoms. The van der Waals surface area contributed by atoms with E-state index in [1.54, 1.807) is 0 Å². The van der Waals surface area contributed by atoms with Gasteiger partial charge in [-0.05, 0) is 36.8 Å². The van der Waals surface area contributed by atoms with E-state index in [9.17, 15) is 19.1 Å². The molecule has 0 aliphatic heterocycles. The third-order valence-electron chi connectivity index (χ3n) is 3.69. The van der Waals surface area contributed by atoms with Gasteiger partial charge in [0.05, 0.1) is 21.1 Å². The fourth-order valence-electron chi connectivity index (χ4n) is 2.62. The van der Waals surface area contributed by atoms with Gasteiger partial charge in [-0.2, -0.15) is 0 Å². The Morgan fingerprint density at radius 1 is 1.26 bits per heavy atom. The number of carboxylic acids is 1. The smallest absolute Gasteiger partial charge is 0.323 e. The normalized spacial score (nSPS) is 11.3. The molecule has 0 aliphatic carbocycles. The molecule has 0 fully saturated rings. The summed E-state index contributed by atoms with van der Waals surface area (Å²) in [5, 5.41) is 9.77. The average molecular weight is 354 g/mol. The molecular weight excluding hydrogens is 344 g/mol. The zero-order valence-electron chi connectivity index (χ0n) is 11.9. The number of benzene rings is 2. The van der Waals surface area contributed by atoms with Crippen molar-refractivity contribution in [3.8, 4) is 0 Å². The molecule has 3 rings (SSSR count). The van der Waals surface area contributed by atoms with E-state index < -0.39 is 23.8 Å². The van der Waals surface area contributed by atoms with Crippen LogP contribution in [-0.4, -0.2) is 15.6 Å². The van der Waals surface area contributed by atoms with E-state index in [0.29, 0.717) is 11.1 Å². The molecule has 1 heterocycles. The van der Waals surface area contributed by atoms with Gasteiger partial charge >= 0.3 is 5.97 Å². The minimum Gasteiger partial charge on any atom is -0.480 e. The van der Waals surface area contributed by atoms with Crippen molar-refractivity contribution in [1.82, 2.24) is 4.57 Å². The van der Waals surface area contributed by atoms with Crippen molar-refractivity contribution in [1.29, 1.82) is 0 Å². The highest BCUT2D eigenvalue weighted by Gasteiger charge is 2.18. The molecule has 0 saturated carbocycles. The summed E-state index contributed by atoms with van der Waals surface area (Å²) in [6.45, 7) is 1.10. The van der Waals surface area contributed by atoms with Crippen molar-refractivity contribution in [3.63, 3.8) is 0 Å². The van der Waals surface area contributed by atoms with Gasteiger partial charge in [-0.3, -0.25) is 9.59 Å². The van der Waals surface area contributed by atoms with Gasteiger partial charge in [0, 0.05) is 10.8 Å². The van der Waals surface area contributed by atoms with Crippen LogP contribution >= 0.6 is 23.2 Å². The molecule has 1 N–H and O–H groups in total. The van der Waals surface area contributed by atoms with Gasteiger partial charge in [0.15, 0.2) is 5.43 Å².